The molecule has 0 aliphatic rings. The van der Waals surface area contributed by atoms with Crippen LogP contribution in [0.3, 0.4) is 0 Å². The molecular formula is C11H19ClN2O3S. The maximum absolute atomic E-state index is 11.5. The summed E-state index contributed by atoms with van der Waals surface area (Å²) >= 11 is 0. The van der Waals surface area contributed by atoms with Gasteiger partial charge in [-0.05, 0) is 27.2 Å². The fraction of sp³-hybridized carbons (Fsp3) is 0.727. The molecule has 1 heterocycles. The van der Waals surface area contributed by atoms with Gasteiger partial charge in [-0.2, -0.15) is 5.10 Å². The molecule has 1 rings (SSSR count). The fourth-order valence-electron chi connectivity index (χ4n) is 1.51. The summed E-state index contributed by atoms with van der Waals surface area (Å²) in [7, 11) is 1.61. The SMILES string of the molecule is CCC(C)n1ncc(S(=O)(=O)Cl)c1COC(C)C. The Labute approximate surface area is 113 Å². The Bertz CT molecular complexity index is 496. The Hall–Kier alpha value is -0.590. The van der Waals surface area contributed by atoms with Gasteiger partial charge in [0.15, 0.2) is 0 Å². The predicted molar refractivity (Wildman–Crippen MR) is 70.2 cm³/mol. The molecule has 1 unspecified atom stereocenters. The molecule has 0 bridgehead atoms. The van der Waals surface area contributed by atoms with E-state index >= 15 is 0 Å². The molecule has 0 saturated carbocycles. The van der Waals surface area contributed by atoms with Crippen molar-refractivity contribution >= 4 is 19.7 Å². The van der Waals surface area contributed by atoms with Gasteiger partial charge in [-0.15, -0.1) is 0 Å². The van der Waals surface area contributed by atoms with Crippen molar-refractivity contribution in [3.63, 3.8) is 0 Å². The van der Waals surface area contributed by atoms with Gasteiger partial charge in [-0.3, -0.25) is 4.68 Å². The first-order valence-corrected chi connectivity index (χ1v) is 8.21. The highest BCUT2D eigenvalue weighted by Gasteiger charge is 2.23. The van der Waals surface area contributed by atoms with Crippen molar-refractivity contribution in [2.24, 2.45) is 0 Å². The average molecular weight is 295 g/mol. The summed E-state index contributed by atoms with van der Waals surface area (Å²) in [6, 6.07) is 0.0999. The zero-order chi connectivity index (χ0) is 13.9. The van der Waals surface area contributed by atoms with E-state index in [4.69, 9.17) is 15.4 Å². The minimum absolute atomic E-state index is 0.0103. The van der Waals surface area contributed by atoms with Crippen molar-refractivity contribution in [2.75, 3.05) is 0 Å². The van der Waals surface area contributed by atoms with Crippen LogP contribution in [0.2, 0.25) is 0 Å². The minimum Gasteiger partial charge on any atom is -0.372 e. The topological polar surface area (TPSA) is 61.2 Å². The number of nitrogens with zero attached hydrogens (tertiary/aromatic N) is 2. The van der Waals surface area contributed by atoms with Crippen LogP contribution in [0.25, 0.3) is 0 Å². The molecule has 0 fully saturated rings. The number of ether oxygens (including phenoxy) is 1. The Kier molecular flexibility index (Phi) is 5.19. The molecule has 1 atom stereocenters. The quantitative estimate of drug-likeness (QED) is 0.757. The van der Waals surface area contributed by atoms with Crippen LogP contribution in [0.15, 0.2) is 11.1 Å². The van der Waals surface area contributed by atoms with Gasteiger partial charge in [-0.25, -0.2) is 8.42 Å². The second kappa shape index (κ2) is 6.04. The van der Waals surface area contributed by atoms with Gasteiger partial charge in [0.2, 0.25) is 0 Å². The molecule has 1 aromatic rings. The van der Waals surface area contributed by atoms with Gasteiger partial charge in [0, 0.05) is 16.7 Å². The lowest BCUT2D eigenvalue weighted by molar-refractivity contribution is 0.0588. The average Bonchev–Trinajstić information content (AvgIpc) is 2.68. The third-order valence-electron chi connectivity index (χ3n) is 2.68. The second-order valence-electron chi connectivity index (χ2n) is 4.45. The van der Waals surface area contributed by atoms with E-state index in [9.17, 15) is 8.42 Å². The molecule has 0 aliphatic heterocycles. The van der Waals surface area contributed by atoms with E-state index in [2.05, 4.69) is 5.10 Å². The maximum Gasteiger partial charge on any atom is 0.264 e. The molecule has 0 aromatic carbocycles. The summed E-state index contributed by atoms with van der Waals surface area (Å²) in [5.74, 6) is 0. The van der Waals surface area contributed by atoms with Crippen LogP contribution in [0.4, 0.5) is 0 Å². The van der Waals surface area contributed by atoms with Crippen molar-refractivity contribution < 1.29 is 13.2 Å². The lowest BCUT2D eigenvalue weighted by Crippen LogP contribution is -2.14. The van der Waals surface area contributed by atoms with E-state index in [-0.39, 0.29) is 23.6 Å². The zero-order valence-corrected chi connectivity index (χ0v) is 12.6. The van der Waals surface area contributed by atoms with Gasteiger partial charge < -0.3 is 4.74 Å². The van der Waals surface area contributed by atoms with Crippen LogP contribution in [0.1, 0.15) is 45.9 Å². The maximum atomic E-state index is 11.5. The Morgan fingerprint density at radius 1 is 1.44 bits per heavy atom. The molecule has 0 saturated heterocycles. The molecule has 0 radical (unpaired) electrons. The second-order valence-corrected chi connectivity index (χ2v) is 6.99. The molecule has 0 N–H and O–H groups in total. The van der Waals surface area contributed by atoms with Crippen LogP contribution in [-0.2, 0) is 20.4 Å². The minimum atomic E-state index is -3.79. The van der Waals surface area contributed by atoms with Crippen LogP contribution in [0.5, 0.6) is 0 Å². The summed E-state index contributed by atoms with van der Waals surface area (Å²) in [6.07, 6.45) is 2.14. The predicted octanol–water partition coefficient (Wildman–Crippen LogP) is 2.71. The number of rotatable bonds is 6. The van der Waals surface area contributed by atoms with Crippen molar-refractivity contribution in [3.05, 3.63) is 11.9 Å². The van der Waals surface area contributed by atoms with Gasteiger partial charge in [-0.1, -0.05) is 6.92 Å². The Morgan fingerprint density at radius 2 is 2.06 bits per heavy atom. The smallest absolute Gasteiger partial charge is 0.264 e. The monoisotopic (exact) mass is 294 g/mol. The number of halogens is 1. The highest BCUT2D eigenvalue weighted by atomic mass is 35.7. The lowest BCUT2D eigenvalue weighted by atomic mass is 10.2. The van der Waals surface area contributed by atoms with Crippen molar-refractivity contribution in [2.45, 2.75) is 57.8 Å². The van der Waals surface area contributed by atoms with E-state index in [0.29, 0.717) is 5.69 Å². The van der Waals surface area contributed by atoms with E-state index in [1.165, 1.54) is 6.20 Å². The molecule has 5 nitrogen and oxygen atoms in total. The lowest BCUT2D eigenvalue weighted by Gasteiger charge is -2.15. The van der Waals surface area contributed by atoms with Gasteiger partial charge in [0.25, 0.3) is 9.05 Å². The van der Waals surface area contributed by atoms with Crippen molar-refractivity contribution in [1.29, 1.82) is 0 Å². The van der Waals surface area contributed by atoms with Gasteiger partial charge in [0.1, 0.15) is 4.90 Å². The van der Waals surface area contributed by atoms with E-state index in [1.54, 1.807) is 4.68 Å². The van der Waals surface area contributed by atoms with Crippen LogP contribution >= 0.6 is 10.7 Å². The standard InChI is InChI=1S/C11H19ClN2O3S/c1-5-9(4)14-10(7-17-8(2)3)11(6-13-14)18(12,15)16/h6,8-9H,5,7H2,1-4H3. The first-order chi connectivity index (χ1) is 8.27. The number of aromatic nitrogens is 2. The molecule has 18 heavy (non-hydrogen) atoms. The summed E-state index contributed by atoms with van der Waals surface area (Å²) in [5, 5.41) is 4.10. The van der Waals surface area contributed by atoms with E-state index < -0.39 is 9.05 Å². The first-order valence-electron chi connectivity index (χ1n) is 5.90. The normalized spacial score (nSPS) is 14.1. The fourth-order valence-corrected chi connectivity index (χ4v) is 2.50. The molecule has 1 aromatic heterocycles. The van der Waals surface area contributed by atoms with E-state index in [1.807, 2.05) is 27.7 Å². The third kappa shape index (κ3) is 3.70. The number of hydrogen-bond acceptors (Lipinski definition) is 4. The molecule has 7 heteroatoms. The summed E-state index contributed by atoms with van der Waals surface area (Å²) in [6.45, 7) is 7.94. The Morgan fingerprint density at radius 3 is 2.50 bits per heavy atom. The van der Waals surface area contributed by atoms with Crippen LogP contribution < -0.4 is 0 Å². The summed E-state index contributed by atoms with van der Waals surface area (Å²) in [4.78, 5) is 0.0325. The Balaban J connectivity index is 3.17. The first kappa shape index (κ1) is 15.5. The molecule has 0 aliphatic carbocycles. The van der Waals surface area contributed by atoms with Crippen LogP contribution in [0, 0.1) is 0 Å². The molecular weight excluding hydrogens is 276 g/mol. The summed E-state index contributed by atoms with van der Waals surface area (Å²) in [5.41, 5.74) is 0.507. The van der Waals surface area contributed by atoms with Gasteiger partial charge >= 0.3 is 0 Å². The molecule has 104 valence electrons. The zero-order valence-electron chi connectivity index (χ0n) is 11.1. The largest absolute Gasteiger partial charge is 0.372 e. The highest BCUT2D eigenvalue weighted by molar-refractivity contribution is 8.13. The van der Waals surface area contributed by atoms with Gasteiger partial charge in [0.05, 0.1) is 24.6 Å². The molecule has 0 spiro atoms. The highest BCUT2D eigenvalue weighted by Crippen LogP contribution is 2.24. The molecule has 0 amide bonds. The van der Waals surface area contributed by atoms with Crippen molar-refractivity contribution in [1.82, 2.24) is 9.78 Å². The summed E-state index contributed by atoms with van der Waals surface area (Å²) < 4.78 is 30.1. The van der Waals surface area contributed by atoms with Crippen LogP contribution in [-0.4, -0.2) is 24.3 Å². The van der Waals surface area contributed by atoms with Crippen molar-refractivity contribution in [3.8, 4) is 0 Å². The third-order valence-corrected chi connectivity index (χ3v) is 4.05. The number of hydrogen-bond donors (Lipinski definition) is 0. The van der Waals surface area contributed by atoms with E-state index in [0.717, 1.165) is 6.42 Å².